The Hall–Kier alpha value is 5.91. The summed E-state index contributed by atoms with van der Waals surface area (Å²) in [6.45, 7) is 0. The first kappa shape index (κ1) is 44.4. The molecule has 0 aromatic carbocycles. The van der Waals surface area contributed by atoms with Crippen LogP contribution in [0.2, 0.25) is 0 Å². The van der Waals surface area contributed by atoms with Gasteiger partial charge in [-0.1, -0.05) is 0 Å². The third-order valence-electron chi connectivity index (χ3n) is 0. The van der Waals surface area contributed by atoms with Gasteiger partial charge in [-0.05, 0) is 0 Å². The van der Waals surface area contributed by atoms with E-state index >= 15 is 0 Å². The number of hydrogen-bond acceptors (Lipinski definition) is 12. The van der Waals surface area contributed by atoms with Gasteiger partial charge < -0.3 is 0 Å². The Labute approximate surface area is 245 Å². The zero-order valence-electron chi connectivity index (χ0n) is 8.91. The summed E-state index contributed by atoms with van der Waals surface area (Å²) in [5.41, 5.74) is 0. The summed E-state index contributed by atoms with van der Waals surface area (Å²) in [7, 11) is 0. The Morgan fingerprint density at radius 1 is 0.579 bits per heavy atom. The molecule has 0 radical (unpaired) electrons. The van der Waals surface area contributed by atoms with E-state index < -0.39 is 74.8 Å². The van der Waals surface area contributed by atoms with E-state index in [1.54, 1.807) is 0 Å². The first-order valence-electron chi connectivity index (χ1n) is 2.32. The topological polar surface area (TPSA) is 241 Å². The Morgan fingerprint density at radius 3 is 0.579 bits per heavy atom. The molecule has 12 nitrogen and oxygen atoms in total. The summed E-state index contributed by atoms with van der Waals surface area (Å²) in [6.07, 6.45) is 0. The van der Waals surface area contributed by atoms with Gasteiger partial charge >= 0.3 is 253 Å². The normalized spacial score (nSPS) is 5.37. The van der Waals surface area contributed by atoms with Crippen molar-refractivity contribution in [2.45, 2.75) is 0 Å². The maximum absolute atomic E-state index is 8.60. The van der Waals surface area contributed by atoms with Crippen LogP contribution in [-0.4, -0.2) is 136 Å². The first-order chi connectivity index (χ1) is 6.93. The maximum atomic E-state index is 8.60. The van der Waals surface area contributed by atoms with E-state index in [1.165, 1.54) is 0 Å². The Kier molecular flexibility index (Phi) is 91.4. The van der Waals surface area contributed by atoms with Crippen molar-refractivity contribution in [3.05, 3.63) is 0 Å². The van der Waals surface area contributed by atoms with Gasteiger partial charge in [0.15, 0.2) is 0 Å². The fourth-order valence-corrected chi connectivity index (χ4v) is 0. The van der Waals surface area contributed by atoms with E-state index in [9.17, 15) is 0 Å². The number of hydrogen-bond donors (Lipinski definition) is 0. The molecule has 96 valence electrons. The smallest absolute Gasteiger partial charge is 2.00 e. The van der Waals surface area contributed by atoms with E-state index in [0.29, 0.717) is 0 Å². The van der Waals surface area contributed by atoms with Crippen LogP contribution in [0, 0.1) is 0 Å². The van der Waals surface area contributed by atoms with Gasteiger partial charge in [0.2, 0.25) is 0 Å². The van der Waals surface area contributed by atoms with Gasteiger partial charge in [-0.25, -0.2) is 0 Å². The maximum Gasteiger partial charge on any atom is 2.00 e. The quantitative estimate of drug-likeness (QED) is 0.211. The summed E-state index contributed by atoms with van der Waals surface area (Å²) in [6, 6.07) is 0. The summed E-state index contributed by atoms with van der Waals surface area (Å²) >= 11 is -16.6. The van der Waals surface area contributed by atoms with Crippen LogP contribution in [0.4, 0.5) is 0 Å². The van der Waals surface area contributed by atoms with Gasteiger partial charge in [0.1, 0.15) is 0 Å². The van der Waals surface area contributed by atoms with Crippen LogP contribution < -0.4 is 22.0 Å². The van der Waals surface area contributed by atoms with Crippen molar-refractivity contribution in [1.82, 2.24) is 0 Å². The molecule has 0 saturated heterocycles. The molecule has 19 heteroatoms. The monoisotopic (exact) mass is 737 g/mol. The largest absolute Gasteiger partial charge is 2.00 e. The molecule has 0 rings (SSSR count). The molecule has 0 amide bonds. The second-order valence-electron chi connectivity index (χ2n) is 0.947. The van der Waals surface area contributed by atoms with E-state index in [0.717, 1.165) is 0 Å². The fourth-order valence-electron chi connectivity index (χ4n) is 0. The summed E-state index contributed by atoms with van der Waals surface area (Å²) in [5.74, 6) is 0. The summed E-state index contributed by atoms with van der Waals surface area (Å²) < 4.78 is 103. The van der Waals surface area contributed by atoms with E-state index in [1.807, 2.05) is 0 Å². The average molecular weight is 736 g/mol. The molecular weight excluding hydrogens is 736 g/mol. The third-order valence-corrected chi connectivity index (χ3v) is 0. The minimum Gasteiger partial charge on any atom is 2.00 e. The standard InChI is InChI=1S/2Nb.12O.3Sr.2Ti/q;;;;;;;;6*-1;3*+2;;. The zero-order chi connectivity index (χ0) is 14.3. The van der Waals surface area contributed by atoms with Crippen LogP contribution in [0.25, 0.3) is 0 Å². The molecule has 0 atom stereocenters. The van der Waals surface area contributed by atoms with Crippen LogP contribution in [0.1, 0.15) is 0 Å². The van der Waals surface area contributed by atoms with Crippen molar-refractivity contribution in [1.29, 1.82) is 0 Å². The van der Waals surface area contributed by atoms with Crippen molar-refractivity contribution >= 4 is 136 Å². The number of rotatable bonds is 0. The van der Waals surface area contributed by atoms with Gasteiger partial charge in [0.05, 0.1) is 0 Å². The molecule has 0 N–H and O–H groups in total. The SMILES string of the molecule is [O]=[Nb](=[O])[O-].[O]=[Nb](=[O])[O-].[O]=[Ti]([O-])[O-].[O]=[Ti]([O-])[O-].[Sr+2].[Sr+2].[Sr+2]. The predicted molar refractivity (Wildman–Crippen MR) is 21.4 cm³/mol. The Balaban J connectivity index is -0.0000000192. The molecule has 19 heavy (non-hydrogen) atoms. The van der Waals surface area contributed by atoms with Crippen LogP contribution in [0.3, 0.4) is 0 Å². The first-order valence-corrected chi connectivity index (χ1v) is 11.5. The summed E-state index contributed by atoms with van der Waals surface area (Å²) in [5, 5.41) is 0. The van der Waals surface area contributed by atoms with Gasteiger partial charge in [-0.15, -0.1) is 0 Å². The van der Waals surface area contributed by atoms with Crippen molar-refractivity contribution in [3.8, 4) is 0 Å². The van der Waals surface area contributed by atoms with Crippen LogP contribution in [-0.2, 0) is 94.5 Å². The van der Waals surface area contributed by atoms with Gasteiger partial charge in [-0.3, -0.25) is 0 Å². The predicted octanol–water partition coefficient (Wildman–Crippen LogP) is -9.00. The summed E-state index contributed by atoms with van der Waals surface area (Å²) in [4.78, 5) is 0. The van der Waals surface area contributed by atoms with Crippen molar-refractivity contribution < 1.29 is 116 Å². The van der Waals surface area contributed by atoms with Crippen LogP contribution >= 0.6 is 0 Å². The van der Waals surface area contributed by atoms with E-state index in [2.05, 4.69) is 0 Å². The molecule has 0 unspecified atom stereocenters. The van der Waals surface area contributed by atoms with Crippen molar-refractivity contribution in [2.75, 3.05) is 0 Å². The molecule has 0 aliphatic carbocycles. The second-order valence-corrected chi connectivity index (χ2v) is 4.71. The fraction of sp³-hybridized carbons (Fsp3) is 0. The zero-order valence-corrected chi connectivity index (χ0v) is 26.9. The molecular formula is Nb2O12Sr3Ti2. The Bertz CT molecular complexity index is 265. The van der Waals surface area contributed by atoms with Crippen molar-refractivity contribution in [3.63, 3.8) is 0 Å². The minimum absolute atomic E-state index is 0. The van der Waals surface area contributed by atoms with Crippen LogP contribution in [0.5, 0.6) is 0 Å². The molecule has 0 saturated carbocycles. The molecule has 0 aliphatic heterocycles. The molecule has 0 heterocycles. The Morgan fingerprint density at radius 2 is 0.579 bits per heavy atom. The third kappa shape index (κ3) is 329. The molecule has 0 spiro atoms. The van der Waals surface area contributed by atoms with Crippen LogP contribution in [0.15, 0.2) is 0 Å². The minimum atomic E-state index is -4.20. The molecule has 0 bridgehead atoms. The van der Waals surface area contributed by atoms with Gasteiger partial charge in [0.25, 0.3) is 0 Å². The molecule has 0 aliphatic rings. The molecule has 0 aromatic rings. The van der Waals surface area contributed by atoms with E-state index in [-0.39, 0.29) is 136 Å². The molecule has 0 aromatic heterocycles. The van der Waals surface area contributed by atoms with Gasteiger partial charge in [-0.2, -0.15) is 0 Å². The molecule has 0 fully saturated rings. The second kappa shape index (κ2) is 39.1. The average Bonchev–Trinajstić information content (AvgIpc) is 1.76. The van der Waals surface area contributed by atoms with Crippen molar-refractivity contribution in [2.24, 2.45) is 0 Å². The van der Waals surface area contributed by atoms with Gasteiger partial charge in [0, 0.05) is 0 Å². The van der Waals surface area contributed by atoms with E-state index in [4.69, 9.17) is 41.6 Å².